The third-order valence-electron chi connectivity index (χ3n) is 5.00. The minimum absolute atomic E-state index is 0.137. The number of nitrogens with zero attached hydrogens (tertiary/aromatic N) is 1. The molecular formula is C23H20N2O7. The van der Waals surface area contributed by atoms with E-state index < -0.39 is 41.6 Å². The van der Waals surface area contributed by atoms with Crippen molar-refractivity contribution in [2.45, 2.75) is 24.9 Å². The van der Waals surface area contributed by atoms with Gasteiger partial charge in [0.05, 0.1) is 11.1 Å². The van der Waals surface area contributed by atoms with Gasteiger partial charge in [0.25, 0.3) is 5.56 Å². The third-order valence-corrected chi connectivity index (χ3v) is 5.00. The van der Waals surface area contributed by atoms with Crippen LogP contribution in [0.4, 0.5) is 0 Å². The van der Waals surface area contributed by atoms with Crippen molar-refractivity contribution in [1.29, 1.82) is 0 Å². The van der Waals surface area contributed by atoms with Crippen molar-refractivity contribution in [1.82, 2.24) is 9.55 Å². The highest BCUT2D eigenvalue weighted by molar-refractivity contribution is 5.90. The zero-order valence-corrected chi connectivity index (χ0v) is 16.9. The van der Waals surface area contributed by atoms with Crippen molar-refractivity contribution in [2.24, 2.45) is 0 Å². The summed E-state index contributed by atoms with van der Waals surface area (Å²) in [5.74, 6) is -1.11. The number of H-pyrrole nitrogens is 1. The number of nitrogens with one attached hydrogen (secondary N) is 1. The molecule has 1 fully saturated rings. The topological polar surface area (TPSA) is 117 Å². The van der Waals surface area contributed by atoms with E-state index in [1.165, 1.54) is 16.8 Å². The summed E-state index contributed by atoms with van der Waals surface area (Å²) in [6.07, 6.45) is -0.958. The molecule has 9 heteroatoms. The van der Waals surface area contributed by atoms with E-state index in [-0.39, 0.29) is 13.0 Å². The molecule has 1 aliphatic rings. The molecule has 1 unspecified atom stereocenters. The van der Waals surface area contributed by atoms with Crippen molar-refractivity contribution in [3.05, 3.63) is 105 Å². The van der Waals surface area contributed by atoms with Crippen molar-refractivity contribution >= 4 is 11.9 Å². The average Bonchev–Trinajstić information content (AvgIpc) is 3.20. The highest BCUT2D eigenvalue weighted by atomic mass is 16.6. The Kier molecular flexibility index (Phi) is 6.27. The van der Waals surface area contributed by atoms with Crippen LogP contribution >= 0.6 is 0 Å². The molecule has 3 atom stereocenters. The maximum atomic E-state index is 12.6. The fourth-order valence-electron chi connectivity index (χ4n) is 3.39. The number of esters is 2. The van der Waals surface area contributed by atoms with Crippen LogP contribution in [0.25, 0.3) is 0 Å². The van der Waals surface area contributed by atoms with Crippen LogP contribution in [0.15, 0.2) is 82.5 Å². The van der Waals surface area contributed by atoms with E-state index in [1.807, 2.05) is 0 Å². The Bertz CT molecular complexity index is 1200. The molecule has 4 rings (SSSR count). The number of hydrogen-bond donors (Lipinski definition) is 1. The molecule has 0 spiro atoms. The maximum absolute atomic E-state index is 12.6. The summed E-state index contributed by atoms with van der Waals surface area (Å²) in [6, 6.07) is 18.1. The summed E-state index contributed by atoms with van der Waals surface area (Å²) < 4.78 is 18.1. The van der Waals surface area contributed by atoms with Gasteiger partial charge in [-0.2, -0.15) is 0 Å². The number of hydrogen-bond acceptors (Lipinski definition) is 7. The van der Waals surface area contributed by atoms with Crippen LogP contribution in [0.5, 0.6) is 0 Å². The minimum atomic E-state index is -0.812. The van der Waals surface area contributed by atoms with Crippen LogP contribution in [-0.4, -0.2) is 40.3 Å². The SMILES string of the molecule is O=C(OC[C@H]1O[C@@H](n2ccc(=O)[nH]c2=O)CC1OC(=O)c1ccccc1)c1ccccc1. The Labute approximate surface area is 182 Å². The lowest BCUT2D eigenvalue weighted by molar-refractivity contribution is -0.0582. The lowest BCUT2D eigenvalue weighted by atomic mass is 10.1. The first-order chi connectivity index (χ1) is 15.5. The van der Waals surface area contributed by atoms with Crippen molar-refractivity contribution < 1.29 is 23.8 Å². The van der Waals surface area contributed by atoms with Crippen molar-refractivity contribution in [2.75, 3.05) is 6.61 Å². The summed E-state index contributed by atoms with van der Waals surface area (Å²) in [5, 5.41) is 0. The molecule has 1 aromatic heterocycles. The van der Waals surface area contributed by atoms with E-state index in [1.54, 1.807) is 60.7 Å². The van der Waals surface area contributed by atoms with E-state index in [4.69, 9.17) is 14.2 Å². The molecule has 9 nitrogen and oxygen atoms in total. The second kappa shape index (κ2) is 9.44. The van der Waals surface area contributed by atoms with Crippen LogP contribution in [0.2, 0.25) is 0 Å². The number of rotatable bonds is 6. The molecule has 0 amide bonds. The zero-order chi connectivity index (χ0) is 22.5. The molecule has 164 valence electrons. The molecular weight excluding hydrogens is 416 g/mol. The number of benzene rings is 2. The number of carbonyl (C=O) groups excluding carboxylic acids is 2. The predicted octanol–water partition coefficient (Wildman–Crippen LogP) is 1.91. The maximum Gasteiger partial charge on any atom is 0.338 e. The monoisotopic (exact) mass is 436 g/mol. The number of aromatic amines is 1. The Hall–Kier alpha value is -3.98. The van der Waals surface area contributed by atoms with E-state index in [9.17, 15) is 19.2 Å². The summed E-state index contributed by atoms with van der Waals surface area (Å²) in [4.78, 5) is 50.6. The number of carbonyl (C=O) groups is 2. The Morgan fingerprint density at radius 1 is 0.938 bits per heavy atom. The van der Waals surface area contributed by atoms with Gasteiger partial charge in [0.2, 0.25) is 0 Å². The number of aromatic nitrogens is 2. The fraction of sp³-hybridized carbons (Fsp3) is 0.217. The van der Waals surface area contributed by atoms with Crippen molar-refractivity contribution in [3.63, 3.8) is 0 Å². The van der Waals surface area contributed by atoms with Gasteiger partial charge in [-0.25, -0.2) is 14.4 Å². The van der Waals surface area contributed by atoms with E-state index in [0.717, 1.165) is 0 Å². The molecule has 0 saturated carbocycles. The van der Waals surface area contributed by atoms with E-state index in [2.05, 4.69) is 4.98 Å². The summed E-state index contributed by atoms with van der Waals surface area (Å²) in [6.45, 7) is -0.185. The van der Waals surface area contributed by atoms with Crippen LogP contribution in [0.3, 0.4) is 0 Å². The Morgan fingerprint density at radius 3 is 2.19 bits per heavy atom. The van der Waals surface area contributed by atoms with E-state index in [0.29, 0.717) is 11.1 Å². The van der Waals surface area contributed by atoms with Crippen LogP contribution < -0.4 is 11.2 Å². The lowest BCUT2D eigenvalue weighted by Crippen LogP contribution is -2.32. The van der Waals surface area contributed by atoms with Gasteiger partial charge >= 0.3 is 17.6 Å². The molecule has 1 saturated heterocycles. The number of ether oxygens (including phenoxy) is 3. The first-order valence-electron chi connectivity index (χ1n) is 9.96. The average molecular weight is 436 g/mol. The Morgan fingerprint density at radius 2 is 1.56 bits per heavy atom. The second-order valence-electron chi connectivity index (χ2n) is 7.16. The van der Waals surface area contributed by atoms with Gasteiger partial charge in [0, 0.05) is 18.7 Å². The van der Waals surface area contributed by atoms with Gasteiger partial charge in [0.1, 0.15) is 25.0 Å². The predicted molar refractivity (Wildman–Crippen MR) is 112 cm³/mol. The van der Waals surface area contributed by atoms with Gasteiger partial charge < -0.3 is 14.2 Å². The molecule has 2 heterocycles. The van der Waals surface area contributed by atoms with Gasteiger partial charge in [0.15, 0.2) is 0 Å². The highest BCUT2D eigenvalue weighted by Crippen LogP contribution is 2.30. The molecule has 0 radical (unpaired) electrons. The lowest BCUT2D eigenvalue weighted by Gasteiger charge is -2.19. The summed E-state index contributed by atoms with van der Waals surface area (Å²) >= 11 is 0. The summed E-state index contributed by atoms with van der Waals surface area (Å²) in [5.41, 5.74) is -0.462. The van der Waals surface area contributed by atoms with Crippen molar-refractivity contribution in [3.8, 4) is 0 Å². The molecule has 2 aromatic carbocycles. The normalized spacial score (nSPS) is 19.9. The first kappa shape index (κ1) is 21.3. The largest absolute Gasteiger partial charge is 0.459 e. The zero-order valence-electron chi connectivity index (χ0n) is 16.9. The molecule has 0 aliphatic carbocycles. The molecule has 1 aliphatic heterocycles. The van der Waals surface area contributed by atoms with E-state index >= 15 is 0 Å². The second-order valence-corrected chi connectivity index (χ2v) is 7.16. The molecule has 1 N–H and O–H groups in total. The Balaban J connectivity index is 1.51. The van der Waals surface area contributed by atoms with Crippen LogP contribution in [-0.2, 0) is 14.2 Å². The minimum Gasteiger partial charge on any atom is -0.459 e. The molecule has 32 heavy (non-hydrogen) atoms. The van der Waals surface area contributed by atoms with Gasteiger partial charge in [-0.3, -0.25) is 14.3 Å². The molecule has 0 bridgehead atoms. The van der Waals surface area contributed by atoms with Gasteiger partial charge in [-0.05, 0) is 24.3 Å². The molecule has 3 aromatic rings. The quantitative estimate of drug-likeness (QED) is 0.587. The third kappa shape index (κ3) is 4.84. The van der Waals surface area contributed by atoms with Crippen LogP contribution in [0, 0.1) is 0 Å². The smallest absolute Gasteiger partial charge is 0.338 e. The van der Waals surface area contributed by atoms with Gasteiger partial charge in [-0.15, -0.1) is 0 Å². The fourth-order valence-corrected chi connectivity index (χ4v) is 3.39. The first-order valence-corrected chi connectivity index (χ1v) is 9.96. The van der Waals surface area contributed by atoms with Crippen LogP contribution in [0.1, 0.15) is 33.4 Å². The summed E-state index contributed by atoms with van der Waals surface area (Å²) in [7, 11) is 0. The van der Waals surface area contributed by atoms with Gasteiger partial charge in [-0.1, -0.05) is 36.4 Å². The standard InChI is InChI=1S/C23H20N2O7/c26-19-11-12-25(23(29)24-19)20-13-17(32-22(28)16-9-5-2-6-10-16)18(31-20)14-30-21(27)15-7-3-1-4-8-15/h1-12,17-18,20H,13-14H2,(H,24,26,29)/t17?,18-,20-/m1/s1. The highest BCUT2D eigenvalue weighted by Gasteiger charge is 2.40.